The third-order valence-corrected chi connectivity index (χ3v) is 4.11. The number of hydrogen-bond donors (Lipinski definition) is 0. The molecule has 0 unspecified atom stereocenters. The molecule has 0 N–H and O–H groups in total. The Labute approximate surface area is 130 Å². The maximum Gasteiger partial charge on any atom is 0.315 e. The summed E-state index contributed by atoms with van der Waals surface area (Å²) in [5, 5.41) is 0. The van der Waals surface area contributed by atoms with Crippen molar-refractivity contribution < 1.29 is 13.9 Å². The zero-order valence-electron chi connectivity index (χ0n) is 11.8. The van der Waals surface area contributed by atoms with E-state index in [9.17, 15) is 4.79 Å². The topological polar surface area (TPSA) is 56.7 Å². The van der Waals surface area contributed by atoms with Gasteiger partial charge in [-0.25, -0.2) is 0 Å². The lowest BCUT2D eigenvalue weighted by molar-refractivity contribution is 0.0971. The zero-order chi connectivity index (χ0) is 15.5. The van der Waals surface area contributed by atoms with Crippen LogP contribution in [0.25, 0.3) is 10.2 Å². The first-order valence-corrected chi connectivity index (χ1v) is 7.28. The smallest absolute Gasteiger partial charge is 0.315 e. The summed E-state index contributed by atoms with van der Waals surface area (Å²) in [6.07, 6.45) is 6.88. The van der Waals surface area contributed by atoms with Crippen molar-refractivity contribution in [2.75, 3.05) is 7.11 Å². The minimum Gasteiger partial charge on any atom is -0.495 e. The highest BCUT2D eigenvalue weighted by molar-refractivity contribution is 7.16. The number of rotatable bonds is 3. The van der Waals surface area contributed by atoms with Crippen LogP contribution in [-0.4, -0.2) is 17.6 Å². The van der Waals surface area contributed by atoms with Gasteiger partial charge in [0.15, 0.2) is 10.6 Å². The SMILES string of the molecule is C#CCn1c(=NC(=O)c2ccco2)sc2cccc(OC)c21. The summed E-state index contributed by atoms with van der Waals surface area (Å²) in [6.45, 7) is 0.296. The van der Waals surface area contributed by atoms with E-state index in [1.165, 1.54) is 17.6 Å². The summed E-state index contributed by atoms with van der Waals surface area (Å²) >= 11 is 1.38. The Morgan fingerprint density at radius 1 is 1.45 bits per heavy atom. The van der Waals surface area contributed by atoms with Crippen molar-refractivity contribution in [3.63, 3.8) is 0 Å². The van der Waals surface area contributed by atoms with Crippen molar-refractivity contribution in [1.82, 2.24) is 4.57 Å². The highest BCUT2D eigenvalue weighted by Crippen LogP contribution is 2.27. The minimum absolute atomic E-state index is 0.191. The van der Waals surface area contributed by atoms with Gasteiger partial charge in [0.1, 0.15) is 11.3 Å². The van der Waals surface area contributed by atoms with E-state index < -0.39 is 5.91 Å². The van der Waals surface area contributed by atoms with Crippen molar-refractivity contribution in [1.29, 1.82) is 0 Å². The van der Waals surface area contributed by atoms with Crippen molar-refractivity contribution in [2.24, 2.45) is 4.99 Å². The summed E-state index contributed by atoms with van der Waals surface area (Å²) in [4.78, 5) is 16.8. The largest absolute Gasteiger partial charge is 0.495 e. The van der Waals surface area contributed by atoms with Gasteiger partial charge in [0.2, 0.25) is 0 Å². The van der Waals surface area contributed by atoms with E-state index in [2.05, 4.69) is 10.9 Å². The molecule has 0 bridgehead atoms. The van der Waals surface area contributed by atoms with E-state index in [1.807, 2.05) is 18.2 Å². The molecule has 0 spiro atoms. The normalized spacial score (nSPS) is 11.5. The molecule has 5 nitrogen and oxygen atoms in total. The van der Waals surface area contributed by atoms with Crippen LogP contribution in [0.1, 0.15) is 10.6 Å². The minimum atomic E-state index is -0.443. The number of thiazole rings is 1. The number of aromatic nitrogens is 1. The number of para-hydroxylation sites is 1. The molecule has 2 aromatic heterocycles. The molecule has 0 aliphatic carbocycles. The number of nitrogens with zero attached hydrogens (tertiary/aromatic N) is 2. The van der Waals surface area contributed by atoms with E-state index >= 15 is 0 Å². The van der Waals surface area contributed by atoms with Crippen LogP contribution in [0.2, 0.25) is 0 Å². The number of terminal acetylenes is 1. The Morgan fingerprint density at radius 2 is 2.32 bits per heavy atom. The number of ether oxygens (including phenoxy) is 1. The molecule has 0 saturated carbocycles. The molecular formula is C16H12N2O3S. The van der Waals surface area contributed by atoms with Crippen LogP contribution in [0, 0.1) is 12.3 Å². The van der Waals surface area contributed by atoms with Crippen LogP contribution in [0.5, 0.6) is 5.75 Å². The standard InChI is InChI=1S/C16H12N2O3S/c1-3-9-18-14-11(20-2)6-4-8-13(14)22-16(18)17-15(19)12-7-5-10-21-12/h1,4-8,10H,9H2,2H3. The average Bonchev–Trinajstić information content (AvgIpc) is 3.16. The maximum absolute atomic E-state index is 12.1. The summed E-state index contributed by atoms with van der Waals surface area (Å²) in [5.74, 6) is 3.02. The van der Waals surface area contributed by atoms with E-state index in [1.54, 1.807) is 23.8 Å². The fourth-order valence-electron chi connectivity index (χ4n) is 2.13. The van der Waals surface area contributed by atoms with Crippen LogP contribution in [0.3, 0.4) is 0 Å². The summed E-state index contributed by atoms with van der Waals surface area (Å²) in [6, 6.07) is 8.89. The van der Waals surface area contributed by atoms with Crippen molar-refractivity contribution in [3.05, 3.63) is 47.2 Å². The second-order valence-electron chi connectivity index (χ2n) is 4.38. The highest BCUT2D eigenvalue weighted by atomic mass is 32.1. The molecule has 0 aliphatic rings. The fraction of sp³-hybridized carbons (Fsp3) is 0.125. The second kappa shape index (κ2) is 5.92. The van der Waals surface area contributed by atoms with Gasteiger partial charge in [0.05, 0.1) is 24.6 Å². The molecule has 0 saturated heterocycles. The maximum atomic E-state index is 12.1. The van der Waals surface area contributed by atoms with Crippen LogP contribution in [0.4, 0.5) is 0 Å². The van der Waals surface area contributed by atoms with Crippen molar-refractivity contribution in [2.45, 2.75) is 6.54 Å². The van der Waals surface area contributed by atoms with Gasteiger partial charge in [-0.1, -0.05) is 23.3 Å². The second-order valence-corrected chi connectivity index (χ2v) is 5.39. The lowest BCUT2D eigenvalue weighted by Gasteiger charge is -2.05. The van der Waals surface area contributed by atoms with Crippen LogP contribution < -0.4 is 9.54 Å². The third-order valence-electron chi connectivity index (χ3n) is 3.06. The predicted octanol–water partition coefficient (Wildman–Crippen LogP) is 2.68. The number of amides is 1. The Kier molecular flexibility index (Phi) is 3.81. The van der Waals surface area contributed by atoms with Gasteiger partial charge >= 0.3 is 5.91 Å². The highest BCUT2D eigenvalue weighted by Gasteiger charge is 2.13. The molecule has 0 atom stereocenters. The molecule has 0 aliphatic heterocycles. The van der Waals surface area contributed by atoms with E-state index in [0.717, 1.165) is 10.2 Å². The molecule has 3 aromatic rings. The van der Waals surface area contributed by atoms with Gasteiger partial charge in [0.25, 0.3) is 0 Å². The van der Waals surface area contributed by atoms with Gasteiger partial charge in [-0.15, -0.1) is 6.42 Å². The van der Waals surface area contributed by atoms with Crippen molar-refractivity contribution in [3.8, 4) is 18.1 Å². The first kappa shape index (κ1) is 14.2. The number of methoxy groups -OCH3 is 1. The molecule has 1 aromatic carbocycles. The number of furan rings is 1. The summed E-state index contributed by atoms with van der Waals surface area (Å²) in [5.41, 5.74) is 0.832. The number of benzene rings is 1. The molecular weight excluding hydrogens is 300 g/mol. The van der Waals surface area contributed by atoms with Gasteiger partial charge in [-0.2, -0.15) is 4.99 Å². The predicted molar refractivity (Wildman–Crippen MR) is 83.8 cm³/mol. The first-order valence-electron chi connectivity index (χ1n) is 6.47. The van der Waals surface area contributed by atoms with Crippen molar-refractivity contribution >= 4 is 27.5 Å². The van der Waals surface area contributed by atoms with Gasteiger partial charge in [-0.3, -0.25) is 4.79 Å². The van der Waals surface area contributed by atoms with E-state index in [4.69, 9.17) is 15.6 Å². The Balaban J connectivity index is 2.23. The molecule has 2 heterocycles. The van der Waals surface area contributed by atoms with Gasteiger partial charge in [0, 0.05) is 0 Å². The molecule has 1 amide bonds. The van der Waals surface area contributed by atoms with Gasteiger partial charge < -0.3 is 13.7 Å². The lowest BCUT2D eigenvalue weighted by atomic mass is 10.3. The van der Waals surface area contributed by atoms with Crippen LogP contribution >= 0.6 is 11.3 Å². The molecule has 3 rings (SSSR count). The Hall–Kier alpha value is -2.78. The molecule has 6 heteroatoms. The van der Waals surface area contributed by atoms with Gasteiger partial charge in [-0.05, 0) is 24.3 Å². The molecule has 0 radical (unpaired) electrons. The fourth-order valence-corrected chi connectivity index (χ4v) is 3.17. The Bertz CT molecular complexity index is 927. The molecule has 110 valence electrons. The third kappa shape index (κ3) is 2.43. The zero-order valence-corrected chi connectivity index (χ0v) is 12.6. The quantitative estimate of drug-likeness (QED) is 0.699. The van der Waals surface area contributed by atoms with Crippen LogP contribution in [-0.2, 0) is 6.54 Å². The number of hydrogen-bond acceptors (Lipinski definition) is 4. The number of carbonyl (C=O) groups is 1. The number of carbonyl (C=O) groups excluding carboxylic acids is 1. The van der Waals surface area contributed by atoms with E-state index in [0.29, 0.717) is 17.1 Å². The lowest BCUT2D eigenvalue weighted by Crippen LogP contribution is -2.16. The summed E-state index contributed by atoms with van der Waals surface area (Å²) < 4.78 is 13.2. The average molecular weight is 312 g/mol. The monoisotopic (exact) mass is 312 g/mol. The molecule has 0 fully saturated rings. The first-order chi connectivity index (χ1) is 10.7. The number of fused-ring (bicyclic) bond motifs is 1. The summed E-state index contributed by atoms with van der Waals surface area (Å²) in [7, 11) is 1.59. The Morgan fingerprint density at radius 3 is 3.00 bits per heavy atom. The van der Waals surface area contributed by atoms with Crippen LogP contribution in [0.15, 0.2) is 46.0 Å². The van der Waals surface area contributed by atoms with E-state index in [-0.39, 0.29) is 5.76 Å². The molecule has 22 heavy (non-hydrogen) atoms.